The minimum Gasteiger partial charge on any atom is -0.369 e. The summed E-state index contributed by atoms with van der Waals surface area (Å²) < 4.78 is 40.4. The third-order valence-corrected chi connectivity index (χ3v) is 5.79. The number of anilines is 1. The molecule has 23 heavy (non-hydrogen) atoms. The first-order valence-corrected chi connectivity index (χ1v) is 9.70. The monoisotopic (exact) mass is 343 g/mol. The fourth-order valence-corrected chi connectivity index (χ4v) is 4.19. The lowest BCUT2D eigenvalue weighted by Gasteiger charge is -2.36. The number of rotatable bonds is 6. The molecular formula is C16H26FN3O2S. The van der Waals surface area contributed by atoms with Gasteiger partial charge in [-0.25, -0.2) is 17.5 Å². The van der Waals surface area contributed by atoms with Crippen LogP contribution in [0.25, 0.3) is 0 Å². The summed E-state index contributed by atoms with van der Waals surface area (Å²) >= 11 is 0. The van der Waals surface area contributed by atoms with Crippen LogP contribution in [0.5, 0.6) is 0 Å². The highest BCUT2D eigenvalue weighted by molar-refractivity contribution is 7.89. The molecule has 0 spiro atoms. The number of piperazine rings is 1. The molecule has 0 saturated carbocycles. The van der Waals surface area contributed by atoms with Gasteiger partial charge in [0.1, 0.15) is 5.82 Å². The Labute approximate surface area is 138 Å². The molecule has 130 valence electrons. The van der Waals surface area contributed by atoms with Crippen molar-refractivity contribution in [2.75, 3.05) is 43.9 Å². The van der Waals surface area contributed by atoms with Crippen LogP contribution in [-0.4, -0.2) is 52.3 Å². The normalized spacial score (nSPS) is 18.2. The van der Waals surface area contributed by atoms with Gasteiger partial charge < -0.3 is 9.80 Å². The molecule has 0 aromatic heterocycles. The molecule has 1 aromatic carbocycles. The van der Waals surface area contributed by atoms with Crippen LogP contribution in [0.15, 0.2) is 18.2 Å². The van der Waals surface area contributed by atoms with Crippen molar-refractivity contribution in [3.63, 3.8) is 0 Å². The Morgan fingerprint density at radius 1 is 1.26 bits per heavy atom. The fraction of sp³-hybridized carbons (Fsp3) is 0.625. The number of sulfonamides is 1. The molecule has 7 heteroatoms. The average Bonchev–Trinajstić information content (AvgIpc) is 2.47. The summed E-state index contributed by atoms with van der Waals surface area (Å²) in [6, 6.07) is 4.16. The van der Waals surface area contributed by atoms with Gasteiger partial charge in [0, 0.05) is 37.9 Å². The fourth-order valence-electron chi connectivity index (χ4n) is 2.87. The van der Waals surface area contributed by atoms with Gasteiger partial charge in [-0.1, -0.05) is 6.92 Å². The summed E-state index contributed by atoms with van der Waals surface area (Å²) in [6.45, 7) is 7.16. The van der Waals surface area contributed by atoms with E-state index in [0.717, 1.165) is 31.9 Å². The number of benzene rings is 1. The Hall–Kier alpha value is -1.18. The largest absolute Gasteiger partial charge is 0.369 e. The quantitative estimate of drug-likeness (QED) is 0.858. The number of nitrogens with one attached hydrogen (secondary N) is 1. The summed E-state index contributed by atoms with van der Waals surface area (Å²) in [5.74, 6) is -0.268. The lowest BCUT2D eigenvalue weighted by atomic mass is 10.0. The molecular weight excluding hydrogens is 317 g/mol. The Balaban J connectivity index is 2.24. The van der Waals surface area contributed by atoms with Gasteiger partial charge in [-0.3, -0.25) is 0 Å². The van der Waals surface area contributed by atoms with E-state index >= 15 is 0 Å². The summed E-state index contributed by atoms with van der Waals surface area (Å²) in [5, 5.41) is 0. The second-order valence-electron chi connectivity index (χ2n) is 6.15. The minimum atomic E-state index is -3.35. The van der Waals surface area contributed by atoms with Gasteiger partial charge in [-0.15, -0.1) is 0 Å². The second-order valence-corrected chi connectivity index (χ2v) is 8.03. The minimum absolute atomic E-state index is 0.0799. The maximum atomic E-state index is 13.7. The van der Waals surface area contributed by atoms with E-state index in [1.165, 1.54) is 12.1 Å². The number of likely N-dealkylation sites (N-methyl/N-ethyl adjacent to an activating group) is 1. The number of hydrogen-bond donors (Lipinski definition) is 1. The molecule has 0 amide bonds. The van der Waals surface area contributed by atoms with Gasteiger partial charge in [0.2, 0.25) is 10.0 Å². The van der Waals surface area contributed by atoms with E-state index in [-0.39, 0.29) is 11.6 Å². The smallest absolute Gasteiger partial charge is 0.212 e. The Bertz CT molecular complexity index is 628. The number of halogens is 1. The van der Waals surface area contributed by atoms with Gasteiger partial charge >= 0.3 is 0 Å². The van der Waals surface area contributed by atoms with Crippen LogP contribution in [0.1, 0.15) is 31.9 Å². The van der Waals surface area contributed by atoms with E-state index in [2.05, 4.69) is 21.6 Å². The molecule has 1 aromatic rings. The molecule has 1 aliphatic heterocycles. The molecule has 1 N–H and O–H groups in total. The van der Waals surface area contributed by atoms with E-state index < -0.39 is 16.1 Å². The van der Waals surface area contributed by atoms with Crippen LogP contribution in [-0.2, 0) is 10.0 Å². The van der Waals surface area contributed by atoms with Gasteiger partial charge in [-0.2, -0.15) is 0 Å². The van der Waals surface area contributed by atoms with Gasteiger partial charge in [0.25, 0.3) is 0 Å². The third-order valence-electron chi connectivity index (χ3n) is 4.13. The third kappa shape index (κ3) is 4.89. The van der Waals surface area contributed by atoms with Crippen LogP contribution in [0.3, 0.4) is 0 Å². The highest BCUT2D eigenvalue weighted by Crippen LogP contribution is 2.28. The molecule has 5 nitrogen and oxygen atoms in total. The van der Waals surface area contributed by atoms with Crippen molar-refractivity contribution in [2.24, 2.45) is 0 Å². The zero-order valence-corrected chi connectivity index (χ0v) is 14.9. The van der Waals surface area contributed by atoms with Crippen LogP contribution < -0.4 is 9.62 Å². The molecule has 0 aliphatic carbocycles. The van der Waals surface area contributed by atoms with Crippen molar-refractivity contribution in [3.8, 4) is 0 Å². The molecule has 1 fully saturated rings. The van der Waals surface area contributed by atoms with E-state index in [1.54, 1.807) is 13.0 Å². The summed E-state index contributed by atoms with van der Waals surface area (Å²) in [7, 11) is -1.27. The lowest BCUT2D eigenvalue weighted by molar-refractivity contribution is 0.312. The molecule has 0 radical (unpaired) electrons. The van der Waals surface area contributed by atoms with Crippen molar-refractivity contribution < 1.29 is 12.8 Å². The zero-order valence-electron chi connectivity index (χ0n) is 14.0. The Morgan fingerprint density at radius 3 is 2.52 bits per heavy atom. The first-order valence-electron chi connectivity index (χ1n) is 8.05. The maximum absolute atomic E-state index is 13.7. The van der Waals surface area contributed by atoms with Crippen molar-refractivity contribution in [1.82, 2.24) is 9.62 Å². The average molecular weight is 343 g/mol. The Kier molecular flexibility index (Phi) is 6.00. The van der Waals surface area contributed by atoms with E-state index in [0.29, 0.717) is 12.0 Å². The van der Waals surface area contributed by atoms with Crippen molar-refractivity contribution in [2.45, 2.75) is 26.3 Å². The molecule has 1 heterocycles. The standard InChI is InChI=1S/C16H26FN3O2S/c1-4-11-23(21,22)18-13(2)15-12-14(17)5-6-16(15)20-9-7-19(3)8-10-20/h5-6,12-13,18H,4,7-11H2,1-3H3/t13-/m0/s1. The van der Waals surface area contributed by atoms with Gasteiger partial charge in [-0.05, 0) is 44.2 Å². The SMILES string of the molecule is CCCS(=O)(=O)N[C@@H](C)c1cc(F)ccc1N1CCN(C)CC1. The summed E-state index contributed by atoms with van der Waals surface area (Å²) in [4.78, 5) is 4.44. The van der Waals surface area contributed by atoms with Crippen LogP contribution in [0, 0.1) is 5.82 Å². The van der Waals surface area contributed by atoms with Crippen LogP contribution in [0.4, 0.5) is 10.1 Å². The van der Waals surface area contributed by atoms with Crippen molar-refractivity contribution in [1.29, 1.82) is 0 Å². The lowest BCUT2D eigenvalue weighted by Crippen LogP contribution is -2.45. The Morgan fingerprint density at radius 2 is 1.91 bits per heavy atom. The molecule has 1 aliphatic rings. The molecule has 0 bridgehead atoms. The topological polar surface area (TPSA) is 52.7 Å². The zero-order chi connectivity index (χ0) is 17.0. The number of hydrogen-bond acceptors (Lipinski definition) is 4. The van der Waals surface area contributed by atoms with Crippen molar-refractivity contribution in [3.05, 3.63) is 29.6 Å². The van der Waals surface area contributed by atoms with Crippen LogP contribution >= 0.6 is 0 Å². The van der Waals surface area contributed by atoms with E-state index in [1.807, 2.05) is 6.92 Å². The first kappa shape index (κ1) is 18.2. The predicted molar refractivity (Wildman–Crippen MR) is 91.7 cm³/mol. The molecule has 0 unspecified atom stereocenters. The summed E-state index contributed by atoms with van der Waals surface area (Å²) in [5.41, 5.74) is 1.60. The molecule has 1 atom stereocenters. The van der Waals surface area contributed by atoms with Crippen LogP contribution in [0.2, 0.25) is 0 Å². The van der Waals surface area contributed by atoms with Gasteiger partial charge in [0.15, 0.2) is 0 Å². The maximum Gasteiger partial charge on any atom is 0.212 e. The van der Waals surface area contributed by atoms with E-state index in [9.17, 15) is 12.8 Å². The van der Waals surface area contributed by atoms with E-state index in [4.69, 9.17) is 0 Å². The highest BCUT2D eigenvalue weighted by atomic mass is 32.2. The van der Waals surface area contributed by atoms with Gasteiger partial charge in [0.05, 0.1) is 5.75 Å². The highest BCUT2D eigenvalue weighted by Gasteiger charge is 2.22. The predicted octanol–water partition coefficient (Wildman–Crippen LogP) is 1.97. The van der Waals surface area contributed by atoms with Crippen molar-refractivity contribution >= 4 is 15.7 Å². The number of nitrogens with zero attached hydrogens (tertiary/aromatic N) is 2. The molecule has 1 saturated heterocycles. The second kappa shape index (κ2) is 7.59. The molecule has 2 rings (SSSR count). The summed E-state index contributed by atoms with van der Waals surface area (Å²) in [6.07, 6.45) is 0.552. The first-order chi connectivity index (χ1) is 10.8.